The fourth-order valence-corrected chi connectivity index (χ4v) is 0.458. The van der Waals surface area contributed by atoms with E-state index in [0.29, 0.717) is 5.57 Å². The highest BCUT2D eigenvalue weighted by molar-refractivity contribution is 5.35. The third-order valence-electron chi connectivity index (χ3n) is 0.926. The van der Waals surface area contributed by atoms with E-state index in [1.165, 1.54) is 6.08 Å². The Morgan fingerprint density at radius 2 is 1.75 bits per heavy atom. The first-order chi connectivity index (χ1) is 5.85. The van der Waals surface area contributed by atoms with Crippen LogP contribution in [0.2, 0.25) is 0 Å². The van der Waals surface area contributed by atoms with Crippen LogP contribution in [0, 0.1) is 23.7 Å². The minimum atomic E-state index is -0.245. The van der Waals surface area contributed by atoms with Gasteiger partial charge in [-0.25, -0.2) is 0 Å². The Kier molecular flexibility index (Phi) is 7.02. The van der Waals surface area contributed by atoms with Crippen molar-refractivity contribution < 1.29 is 15.3 Å². The van der Waals surface area contributed by atoms with Crippen LogP contribution in [0.15, 0.2) is 11.6 Å². The molecular weight excluding hydrogens is 156 g/mol. The molecule has 3 N–H and O–H groups in total. The van der Waals surface area contributed by atoms with E-state index in [0.717, 1.165) is 0 Å². The monoisotopic (exact) mass is 166 g/mol. The minimum Gasteiger partial charge on any atom is -0.391 e. The maximum atomic E-state index is 8.67. The predicted octanol–water partition coefficient (Wildman–Crippen LogP) is -1.10. The number of rotatable bonds is 1. The first-order valence-electron chi connectivity index (χ1n) is 3.34. The summed E-state index contributed by atoms with van der Waals surface area (Å²) in [4.78, 5) is 0. The van der Waals surface area contributed by atoms with Crippen LogP contribution in [0.1, 0.15) is 0 Å². The van der Waals surface area contributed by atoms with Crippen molar-refractivity contribution in [3.05, 3.63) is 11.6 Å². The Labute approximate surface area is 71.4 Å². The van der Waals surface area contributed by atoms with Crippen LogP contribution < -0.4 is 0 Å². The topological polar surface area (TPSA) is 60.7 Å². The average Bonchev–Trinajstić information content (AvgIpc) is 2.11. The van der Waals surface area contributed by atoms with Gasteiger partial charge in [-0.1, -0.05) is 23.7 Å². The van der Waals surface area contributed by atoms with Crippen LogP contribution in [0.5, 0.6) is 0 Å². The van der Waals surface area contributed by atoms with E-state index in [2.05, 4.69) is 23.7 Å². The van der Waals surface area contributed by atoms with Gasteiger partial charge >= 0.3 is 0 Å². The van der Waals surface area contributed by atoms with Gasteiger partial charge in [-0.05, 0) is 0 Å². The fraction of sp³-hybridized carbons (Fsp3) is 0.333. The van der Waals surface area contributed by atoms with E-state index < -0.39 is 0 Å². The van der Waals surface area contributed by atoms with Gasteiger partial charge in [-0.3, -0.25) is 0 Å². The summed E-state index contributed by atoms with van der Waals surface area (Å²) in [6.07, 6.45) is 1.40. The van der Waals surface area contributed by atoms with Crippen LogP contribution in [-0.4, -0.2) is 35.1 Å². The third kappa shape index (κ3) is 5.52. The first kappa shape index (κ1) is 10.7. The quantitative estimate of drug-likeness (QED) is 0.433. The van der Waals surface area contributed by atoms with E-state index >= 15 is 0 Å². The highest BCUT2D eigenvalue weighted by atomic mass is 16.3. The fourth-order valence-electron chi connectivity index (χ4n) is 0.458. The molecule has 0 aromatic carbocycles. The van der Waals surface area contributed by atoms with E-state index in [1.54, 1.807) is 0 Å². The second kappa shape index (κ2) is 7.84. The van der Waals surface area contributed by atoms with Crippen LogP contribution in [0.25, 0.3) is 0 Å². The molecule has 0 aliphatic heterocycles. The molecule has 0 unspecified atom stereocenters. The molecule has 0 fully saturated rings. The molecule has 0 radical (unpaired) electrons. The molecule has 0 atom stereocenters. The lowest BCUT2D eigenvalue weighted by Gasteiger charge is -1.86. The number of aliphatic hydroxyl groups is 3. The first-order valence-corrected chi connectivity index (χ1v) is 3.34. The zero-order valence-electron chi connectivity index (χ0n) is 6.54. The Hall–Kier alpha value is -1.26. The number of allylic oxidation sites excluding steroid dienone is 1. The highest BCUT2D eigenvalue weighted by Gasteiger charge is 1.84. The Morgan fingerprint density at radius 3 is 2.25 bits per heavy atom. The van der Waals surface area contributed by atoms with E-state index in [4.69, 9.17) is 15.3 Å². The van der Waals surface area contributed by atoms with Crippen molar-refractivity contribution in [2.75, 3.05) is 19.8 Å². The van der Waals surface area contributed by atoms with Crippen LogP contribution in [-0.2, 0) is 0 Å². The second-order valence-corrected chi connectivity index (χ2v) is 1.77. The summed E-state index contributed by atoms with van der Waals surface area (Å²) in [6.45, 7) is -0.680. The summed E-state index contributed by atoms with van der Waals surface area (Å²) in [5.41, 5.74) is 0.421. The van der Waals surface area contributed by atoms with Gasteiger partial charge in [0, 0.05) is 11.6 Å². The molecule has 3 heteroatoms. The lowest BCUT2D eigenvalue weighted by molar-refractivity contribution is 0.335. The van der Waals surface area contributed by atoms with Crippen molar-refractivity contribution in [3.63, 3.8) is 0 Å². The van der Waals surface area contributed by atoms with E-state index in [1.807, 2.05) is 0 Å². The SMILES string of the molecule is OCC#C/C=C(/C#CCO)CO. The Balaban J connectivity index is 4.23. The maximum Gasteiger partial charge on any atom is 0.104 e. The van der Waals surface area contributed by atoms with Crippen LogP contribution in [0.3, 0.4) is 0 Å². The molecule has 0 aliphatic carbocycles. The third-order valence-corrected chi connectivity index (χ3v) is 0.926. The van der Waals surface area contributed by atoms with E-state index in [-0.39, 0.29) is 19.8 Å². The molecule has 0 rings (SSSR count). The molecule has 0 heterocycles. The molecule has 0 aromatic rings. The summed E-state index contributed by atoms with van der Waals surface area (Å²) < 4.78 is 0. The lowest BCUT2D eigenvalue weighted by atomic mass is 10.2. The van der Waals surface area contributed by atoms with Gasteiger partial charge in [0.2, 0.25) is 0 Å². The molecule has 0 saturated heterocycles. The molecule has 64 valence electrons. The molecule has 0 saturated carbocycles. The summed E-state index contributed by atoms with van der Waals surface area (Å²) in [5.74, 6) is 9.74. The zero-order valence-corrected chi connectivity index (χ0v) is 6.54. The maximum absolute atomic E-state index is 8.67. The summed E-state index contributed by atoms with van der Waals surface area (Å²) >= 11 is 0. The highest BCUT2D eigenvalue weighted by Crippen LogP contribution is 1.87. The number of hydrogen-bond donors (Lipinski definition) is 3. The van der Waals surface area contributed by atoms with Gasteiger partial charge in [0.25, 0.3) is 0 Å². The standard InChI is InChI=1S/C9H10O3/c10-6-2-1-4-9(8-12)5-3-7-11/h4,10-12H,6-8H2/b9-4-. The molecule has 3 nitrogen and oxygen atoms in total. The van der Waals surface area contributed by atoms with Crippen molar-refractivity contribution in [1.82, 2.24) is 0 Å². The molecule has 0 bridgehead atoms. The smallest absolute Gasteiger partial charge is 0.104 e. The summed E-state index contributed by atoms with van der Waals surface area (Å²) in [6, 6.07) is 0. The van der Waals surface area contributed by atoms with Crippen molar-refractivity contribution in [2.45, 2.75) is 0 Å². The van der Waals surface area contributed by atoms with Crippen molar-refractivity contribution in [3.8, 4) is 23.7 Å². The van der Waals surface area contributed by atoms with Crippen LogP contribution >= 0.6 is 0 Å². The molecule has 0 aromatic heterocycles. The van der Waals surface area contributed by atoms with Gasteiger partial charge in [0.05, 0.1) is 6.61 Å². The van der Waals surface area contributed by atoms with E-state index in [9.17, 15) is 0 Å². The van der Waals surface area contributed by atoms with Crippen molar-refractivity contribution in [2.24, 2.45) is 0 Å². The molecule has 0 amide bonds. The molecular formula is C9H10O3. The van der Waals surface area contributed by atoms with Gasteiger partial charge in [0.1, 0.15) is 13.2 Å². The summed E-state index contributed by atoms with van der Waals surface area (Å²) in [7, 11) is 0. The molecule has 0 aliphatic rings. The van der Waals surface area contributed by atoms with Crippen LogP contribution in [0.4, 0.5) is 0 Å². The average molecular weight is 166 g/mol. The molecule has 0 spiro atoms. The minimum absolute atomic E-state index is 0.215. The van der Waals surface area contributed by atoms with Gasteiger partial charge in [-0.2, -0.15) is 0 Å². The Morgan fingerprint density at radius 1 is 1.08 bits per heavy atom. The summed E-state index contributed by atoms with van der Waals surface area (Å²) in [5, 5.41) is 25.3. The van der Waals surface area contributed by atoms with Crippen molar-refractivity contribution >= 4 is 0 Å². The Bertz CT molecular complexity index is 257. The molecule has 12 heavy (non-hydrogen) atoms. The number of hydrogen-bond acceptors (Lipinski definition) is 3. The zero-order chi connectivity index (χ0) is 9.23. The van der Waals surface area contributed by atoms with Gasteiger partial charge in [-0.15, -0.1) is 0 Å². The predicted molar refractivity (Wildman–Crippen MR) is 44.9 cm³/mol. The largest absolute Gasteiger partial charge is 0.391 e. The number of aliphatic hydroxyl groups excluding tert-OH is 3. The second-order valence-electron chi connectivity index (χ2n) is 1.77. The van der Waals surface area contributed by atoms with Gasteiger partial charge in [0.15, 0.2) is 0 Å². The van der Waals surface area contributed by atoms with Gasteiger partial charge < -0.3 is 15.3 Å². The van der Waals surface area contributed by atoms with Crippen molar-refractivity contribution in [1.29, 1.82) is 0 Å². The normalized spacial score (nSPS) is 9.42. The lowest BCUT2D eigenvalue weighted by Crippen LogP contribution is -1.86.